The Bertz CT molecular complexity index is 465. The Hall–Kier alpha value is -1.92. The molecule has 92 valence electrons. The van der Waals surface area contributed by atoms with Gasteiger partial charge in [0.25, 0.3) is 0 Å². The monoisotopic (exact) mass is 239 g/mol. The molecule has 1 fully saturated rings. The van der Waals surface area contributed by atoms with E-state index in [1.165, 1.54) is 0 Å². The van der Waals surface area contributed by atoms with E-state index in [4.69, 9.17) is 4.74 Å². The molecule has 0 spiro atoms. The minimum absolute atomic E-state index is 0.0725. The second-order valence-corrected chi connectivity index (χ2v) is 4.02. The molecular formula is C10H13N3O4. The first-order valence-corrected chi connectivity index (χ1v) is 5.57. The van der Waals surface area contributed by atoms with Crippen molar-refractivity contribution in [1.29, 1.82) is 0 Å². The summed E-state index contributed by atoms with van der Waals surface area (Å²) in [5.74, 6) is -0.175. The zero-order valence-corrected chi connectivity index (χ0v) is 9.22. The van der Waals surface area contributed by atoms with Crippen LogP contribution in [0.2, 0.25) is 0 Å². The van der Waals surface area contributed by atoms with E-state index in [0.717, 1.165) is 38.4 Å². The molecule has 2 rings (SSSR count). The fraction of sp³-hybridized carbons (Fsp3) is 0.600. The van der Waals surface area contributed by atoms with E-state index in [2.05, 4.69) is 9.97 Å². The second-order valence-electron chi connectivity index (χ2n) is 4.02. The van der Waals surface area contributed by atoms with Crippen LogP contribution in [0.25, 0.3) is 0 Å². The van der Waals surface area contributed by atoms with E-state index in [1.807, 2.05) is 0 Å². The van der Waals surface area contributed by atoms with Crippen molar-refractivity contribution >= 4 is 5.69 Å². The van der Waals surface area contributed by atoms with Crippen LogP contribution in [0, 0.1) is 10.1 Å². The van der Waals surface area contributed by atoms with E-state index in [1.54, 1.807) is 0 Å². The maximum Gasteiger partial charge on any atom is 0.395 e. The van der Waals surface area contributed by atoms with Gasteiger partial charge in [0.2, 0.25) is 0 Å². The number of hydrogen-bond acceptors (Lipinski definition) is 5. The molecule has 0 aliphatic heterocycles. The quantitative estimate of drug-likeness (QED) is 0.634. The van der Waals surface area contributed by atoms with Gasteiger partial charge in [0.05, 0.1) is 11.3 Å². The van der Waals surface area contributed by atoms with Gasteiger partial charge in [-0.05, 0) is 25.7 Å². The highest BCUT2D eigenvalue weighted by Gasteiger charge is 2.25. The molecular weight excluding hydrogens is 226 g/mol. The summed E-state index contributed by atoms with van der Waals surface area (Å²) in [6.07, 6.45) is 6.00. The smallest absolute Gasteiger partial charge is 0.395 e. The largest absolute Gasteiger partial charge is 0.469 e. The molecule has 0 unspecified atom stereocenters. The fourth-order valence-corrected chi connectivity index (χ4v) is 1.96. The number of nitrogens with zero attached hydrogens (tertiary/aromatic N) is 2. The van der Waals surface area contributed by atoms with Crippen LogP contribution in [-0.4, -0.2) is 21.0 Å². The molecule has 1 aromatic rings. The van der Waals surface area contributed by atoms with Gasteiger partial charge in [0.1, 0.15) is 6.10 Å². The van der Waals surface area contributed by atoms with Gasteiger partial charge < -0.3 is 9.72 Å². The molecule has 1 aliphatic rings. The number of nitro groups is 1. The Morgan fingerprint density at radius 3 is 2.76 bits per heavy atom. The summed E-state index contributed by atoms with van der Waals surface area (Å²) in [5.41, 5.74) is -1.39. The molecule has 0 bridgehead atoms. The molecule has 7 nitrogen and oxygen atoms in total. The van der Waals surface area contributed by atoms with Crippen LogP contribution >= 0.6 is 0 Å². The molecule has 0 radical (unpaired) electrons. The number of aromatic nitrogens is 2. The minimum Gasteiger partial charge on any atom is -0.469 e. The topological polar surface area (TPSA) is 98.1 Å². The van der Waals surface area contributed by atoms with Crippen molar-refractivity contribution in [3.63, 3.8) is 0 Å². The van der Waals surface area contributed by atoms with Gasteiger partial charge in [0, 0.05) is 0 Å². The summed E-state index contributed by atoms with van der Waals surface area (Å²) < 4.78 is 5.46. The van der Waals surface area contributed by atoms with Gasteiger partial charge in [-0.1, -0.05) is 6.42 Å². The van der Waals surface area contributed by atoms with Crippen molar-refractivity contribution in [2.24, 2.45) is 0 Å². The average molecular weight is 239 g/mol. The van der Waals surface area contributed by atoms with Crippen molar-refractivity contribution in [3.8, 4) is 5.88 Å². The van der Waals surface area contributed by atoms with Crippen LogP contribution in [0.4, 0.5) is 5.69 Å². The number of ether oxygens (including phenoxy) is 1. The van der Waals surface area contributed by atoms with Crippen molar-refractivity contribution in [2.75, 3.05) is 0 Å². The van der Waals surface area contributed by atoms with E-state index in [-0.39, 0.29) is 12.0 Å². The SMILES string of the molecule is O=c1[nH]cnc(OC2CCCCC2)c1[N+](=O)[O-]. The number of aromatic amines is 1. The lowest BCUT2D eigenvalue weighted by Crippen LogP contribution is -2.23. The van der Waals surface area contributed by atoms with Gasteiger partial charge in [-0.15, -0.1) is 0 Å². The maximum absolute atomic E-state index is 11.3. The number of nitrogens with one attached hydrogen (secondary N) is 1. The Kier molecular flexibility index (Phi) is 3.36. The summed E-state index contributed by atoms with van der Waals surface area (Å²) in [6.45, 7) is 0. The van der Waals surface area contributed by atoms with E-state index in [0.29, 0.717) is 0 Å². The highest BCUT2D eigenvalue weighted by molar-refractivity contribution is 5.37. The standard InChI is InChI=1S/C10H13N3O4/c14-9-8(13(15)16)10(12-6-11-9)17-7-4-2-1-3-5-7/h6-7H,1-5H2,(H,11,12,14). The third kappa shape index (κ3) is 2.61. The molecule has 1 heterocycles. The summed E-state index contributed by atoms with van der Waals surface area (Å²) in [4.78, 5) is 27.2. The molecule has 17 heavy (non-hydrogen) atoms. The fourth-order valence-electron chi connectivity index (χ4n) is 1.96. The van der Waals surface area contributed by atoms with Crippen LogP contribution < -0.4 is 10.3 Å². The van der Waals surface area contributed by atoms with Gasteiger partial charge in [-0.2, -0.15) is 4.98 Å². The Morgan fingerprint density at radius 2 is 2.12 bits per heavy atom. The van der Waals surface area contributed by atoms with E-state index < -0.39 is 16.2 Å². The van der Waals surface area contributed by atoms with Crippen LogP contribution in [0.3, 0.4) is 0 Å². The molecule has 7 heteroatoms. The molecule has 0 amide bonds. The average Bonchev–Trinajstić information content (AvgIpc) is 2.30. The van der Waals surface area contributed by atoms with E-state index in [9.17, 15) is 14.9 Å². The van der Waals surface area contributed by atoms with Crippen molar-refractivity contribution < 1.29 is 9.66 Å². The van der Waals surface area contributed by atoms with Crippen LogP contribution in [0.1, 0.15) is 32.1 Å². The van der Waals surface area contributed by atoms with Gasteiger partial charge >= 0.3 is 17.1 Å². The lowest BCUT2D eigenvalue weighted by Gasteiger charge is -2.21. The van der Waals surface area contributed by atoms with Gasteiger partial charge in [-0.25, -0.2) is 0 Å². The number of hydrogen-bond donors (Lipinski definition) is 1. The maximum atomic E-state index is 11.3. The Balaban J connectivity index is 2.22. The van der Waals surface area contributed by atoms with Crippen LogP contribution in [0.15, 0.2) is 11.1 Å². The minimum atomic E-state index is -0.782. The highest BCUT2D eigenvalue weighted by Crippen LogP contribution is 2.25. The van der Waals surface area contributed by atoms with Gasteiger partial charge in [-0.3, -0.25) is 14.9 Å². The first-order valence-electron chi connectivity index (χ1n) is 5.57. The van der Waals surface area contributed by atoms with Crippen LogP contribution in [0.5, 0.6) is 5.88 Å². The summed E-state index contributed by atoms with van der Waals surface area (Å²) in [7, 11) is 0. The second kappa shape index (κ2) is 4.94. The first kappa shape index (κ1) is 11.6. The Morgan fingerprint density at radius 1 is 1.41 bits per heavy atom. The molecule has 1 saturated carbocycles. The molecule has 0 saturated heterocycles. The predicted octanol–water partition coefficient (Wildman–Crippen LogP) is 1.39. The summed E-state index contributed by atoms with van der Waals surface area (Å²) in [5, 5.41) is 10.7. The third-order valence-electron chi connectivity index (χ3n) is 2.81. The normalized spacial score (nSPS) is 16.7. The number of H-pyrrole nitrogens is 1. The molecule has 1 N–H and O–H groups in total. The lowest BCUT2D eigenvalue weighted by molar-refractivity contribution is -0.387. The number of rotatable bonds is 3. The zero-order chi connectivity index (χ0) is 12.3. The van der Waals surface area contributed by atoms with E-state index >= 15 is 0 Å². The van der Waals surface area contributed by atoms with Crippen molar-refractivity contribution in [3.05, 3.63) is 26.8 Å². The van der Waals surface area contributed by atoms with Gasteiger partial charge in [0.15, 0.2) is 0 Å². The predicted molar refractivity (Wildman–Crippen MR) is 59.0 cm³/mol. The van der Waals surface area contributed by atoms with Crippen molar-refractivity contribution in [1.82, 2.24) is 9.97 Å². The highest BCUT2D eigenvalue weighted by atomic mass is 16.6. The van der Waals surface area contributed by atoms with Crippen LogP contribution in [-0.2, 0) is 0 Å². The Labute approximate surface area is 97.0 Å². The zero-order valence-electron chi connectivity index (χ0n) is 9.22. The molecule has 0 aromatic carbocycles. The molecule has 0 atom stereocenters. The third-order valence-corrected chi connectivity index (χ3v) is 2.81. The summed E-state index contributed by atoms with van der Waals surface area (Å²) in [6, 6.07) is 0. The molecule has 1 aromatic heterocycles. The van der Waals surface area contributed by atoms with Crippen molar-refractivity contribution in [2.45, 2.75) is 38.2 Å². The lowest BCUT2D eigenvalue weighted by atomic mass is 9.98. The molecule has 1 aliphatic carbocycles. The summed E-state index contributed by atoms with van der Waals surface area (Å²) >= 11 is 0. The first-order chi connectivity index (χ1) is 8.18.